The largest absolute Gasteiger partial charge is 0.428 e. The van der Waals surface area contributed by atoms with Crippen LogP contribution in [0.5, 0.6) is 0 Å². The van der Waals surface area contributed by atoms with Gasteiger partial charge in [0, 0.05) is 29.1 Å². The molecule has 6 heteroatoms. The van der Waals surface area contributed by atoms with Crippen LogP contribution >= 0.6 is 0 Å². The summed E-state index contributed by atoms with van der Waals surface area (Å²) in [6, 6.07) is 1.40. The molecule has 0 aliphatic carbocycles. The topological polar surface area (TPSA) is 30.5 Å². The van der Waals surface area contributed by atoms with E-state index < -0.39 is 8.31 Å². The van der Waals surface area contributed by atoms with Crippen molar-refractivity contribution in [3.63, 3.8) is 0 Å². The summed E-state index contributed by atoms with van der Waals surface area (Å²) < 4.78 is 5.57. The fourth-order valence-electron chi connectivity index (χ4n) is 1.82. The predicted octanol–water partition coefficient (Wildman–Crippen LogP) is -1.23. The van der Waals surface area contributed by atoms with E-state index in [1.807, 2.05) is 6.92 Å². The van der Waals surface area contributed by atoms with Crippen LogP contribution in [-0.4, -0.2) is 45.0 Å². The van der Waals surface area contributed by atoms with Crippen molar-refractivity contribution in [3.8, 4) is 0 Å². The Hall–Kier alpha value is 0.531. The Labute approximate surface area is 86.5 Å². The third-order valence-corrected chi connectivity index (χ3v) is 22.5. The van der Waals surface area contributed by atoms with Gasteiger partial charge in [0.25, 0.3) is 0 Å². The van der Waals surface area contributed by atoms with Gasteiger partial charge in [0.2, 0.25) is 0 Å². The van der Waals surface area contributed by atoms with E-state index >= 15 is 0 Å². The highest BCUT2D eigenvalue weighted by atomic mass is 29.5. The molecule has 0 radical (unpaired) electrons. The molecular formula is C7H21NO2Si3. The Kier molecular flexibility index (Phi) is 6.17. The molecule has 1 saturated heterocycles. The summed E-state index contributed by atoms with van der Waals surface area (Å²) in [6.07, 6.45) is 1.25. The average molecular weight is 236 g/mol. The first kappa shape index (κ1) is 11.6. The number of hydrogen-bond donors (Lipinski definition) is 1. The van der Waals surface area contributed by atoms with Crippen LogP contribution < -0.4 is 5.48 Å². The number of hydrogen-bond acceptors (Lipinski definition) is 3. The molecule has 3 nitrogen and oxygen atoms in total. The van der Waals surface area contributed by atoms with Crippen LogP contribution in [0.3, 0.4) is 0 Å². The maximum Gasteiger partial charge on any atom is 0.140 e. The molecule has 1 aliphatic rings. The summed E-state index contributed by atoms with van der Waals surface area (Å²) in [5, 5.41) is 0. The molecule has 1 rings (SSSR count). The van der Waals surface area contributed by atoms with Gasteiger partial charge in [-0.3, -0.25) is 0 Å². The Morgan fingerprint density at radius 1 is 1.62 bits per heavy atom. The van der Waals surface area contributed by atoms with Crippen LogP contribution in [0.4, 0.5) is 0 Å². The van der Waals surface area contributed by atoms with Crippen molar-refractivity contribution in [3.05, 3.63) is 0 Å². The van der Waals surface area contributed by atoms with E-state index in [-0.39, 0.29) is 17.8 Å². The Morgan fingerprint density at radius 2 is 2.46 bits per heavy atom. The van der Waals surface area contributed by atoms with E-state index in [1.54, 1.807) is 0 Å². The smallest absolute Gasteiger partial charge is 0.140 e. The Balaban J connectivity index is 2.26. The van der Waals surface area contributed by atoms with Crippen LogP contribution in [-0.2, 0) is 9.26 Å². The highest BCUT2D eigenvalue weighted by Crippen LogP contribution is 2.06. The Morgan fingerprint density at radius 3 is 3.00 bits per heavy atom. The van der Waals surface area contributed by atoms with Crippen LogP contribution in [0, 0.1) is 0 Å². The number of hydroxylamine groups is 1. The van der Waals surface area contributed by atoms with Gasteiger partial charge in [0.1, 0.15) is 9.28 Å². The molecule has 13 heavy (non-hydrogen) atoms. The molecule has 1 fully saturated rings. The van der Waals surface area contributed by atoms with Gasteiger partial charge in [-0.25, -0.2) is 5.48 Å². The summed E-state index contributed by atoms with van der Waals surface area (Å²) in [7, 11) is -0.193. The number of nitrogens with one attached hydrogen (secondary N) is 1. The minimum absolute atomic E-state index is 0.00927. The summed E-state index contributed by atoms with van der Waals surface area (Å²) >= 11 is 0. The quantitative estimate of drug-likeness (QED) is 0.478. The van der Waals surface area contributed by atoms with Gasteiger partial charge in [-0.15, -0.1) is 0 Å². The van der Waals surface area contributed by atoms with Crippen LogP contribution in [0.25, 0.3) is 0 Å². The van der Waals surface area contributed by atoms with Crippen LogP contribution in [0.1, 0.15) is 20.3 Å². The lowest BCUT2D eigenvalue weighted by atomic mass is 10.5. The van der Waals surface area contributed by atoms with Crippen molar-refractivity contribution in [1.82, 2.24) is 5.48 Å². The summed E-state index contributed by atoms with van der Waals surface area (Å²) in [4.78, 5) is 5.32. The fourth-order valence-corrected chi connectivity index (χ4v) is 21.8. The van der Waals surface area contributed by atoms with Crippen molar-refractivity contribution in [2.75, 3.05) is 13.2 Å². The molecule has 1 N–H and O–H groups in total. The molecule has 0 spiro atoms. The van der Waals surface area contributed by atoms with E-state index in [1.165, 1.54) is 12.5 Å². The Bertz CT molecular complexity index is 133. The summed E-state index contributed by atoms with van der Waals surface area (Å²) in [6.45, 7) is 6.17. The first-order chi connectivity index (χ1) is 6.38. The normalized spacial score (nSPS) is 29.5. The lowest BCUT2D eigenvalue weighted by Crippen LogP contribution is -2.51. The highest BCUT2D eigenvalue weighted by molar-refractivity contribution is 7.35. The molecule has 2 atom stereocenters. The minimum Gasteiger partial charge on any atom is -0.428 e. The molecule has 78 valence electrons. The second kappa shape index (κ2) is 6.91. The van der Waals surface area contributed by atoms with Crippen LogP contribution in [0.2, 0.25) is 6.04 Å². The fraction of sp³-hybridized carbons (Fsp3) is 1.00. The molecule has 0 aromatic carbocycles. The zero-order valence-corrected chi connectivity index (χ0v) is 12.7. The SMILES string of the molecule is CCONC(CC)[SiH]1CCO[SiH2][SiH2]1. The van der Waals surface area contributed by atoms with Gasteiger partial charge in [0.05, 0.1) is 6.61 Å². The lowest BCUT2D eigenvalue weighted by Gasteiger charge is -2.28. The molecule has 1 aliphatic heterocycles. The molecule has 2 unspecified atom stereocenters. The minimum atomic E-state index is -0.433. The molecule has 0 bridgehead atoms. The second-order valence-electron chi connectivity index (χ2n) is 3.52. The maximum atomic E-state index is 5.57. The van der Waals surface area contributed by atoms with Gasteiger partial charge in [-0.2, -0.15) is 0 Å². The van der Waals surface area contributed by atoms with Gasteiger partial charge in [0.15, 0.2) is 0 Å². The monoisotopic (exact) mass is 235 g/mol. The van der Waals surface area contributed by atoms with Crippen LogP contribution in [0.15, 0.2) is 0 Å². The van der Waals surface area contributed by atoms with E-state index in [2.05, 4.69) is 12.4 Å². The van der Waals surface area contributed by atoms with Crippen molar-refractivity contribution < 1.29 is 9.26 Å². The van der Waals surface area contributed by atoms with Gasteiger partial charge in [-0.1, -0.05) is 6.92 Å². The van der Waals surface area contributed by atoms with Crippen molar-refractivity contribution in [2.45, 2.75) is 32.0 Å². The zero-order valence-electron chi connectivity index (χ0n) is 8.71. The van der Waals surface area contributed by atoms with Gasteiger partial charge >= 0.3 is 0 Å². The zero-order chi connectivity index (χ0) is 9.52. The summed E-state index contributed by atoms with van der Waals surface area (Å²) in [5.74, 6) is 0. The average Bonchev–Trinajstić information content (AvgIpc) is 2.21. The summed E-state index contributed by atoms with van der Waals surface area (Å²) in [5.41, 5.74) is 3.99. The second-order valence-corrected chi connectivity index (χ2v) is 19.1. The molecule has 0 saturated carbocycles. The predicted molar refractivity (Wildman–Crippen MR) is 63.8 cm³/mol. The standard InChI is InChI=1S/C7H21NO2Si3/c1-3-7(8-9-4-2)13-6-5-10-11-12-13/h7-8,13H,3-6,11-12H2,1-2H3. The molecule has 0 amide bonds. The van der Waals surface area contributed by atoms with E-state index in [0.717, 1.165) is 18.9 Å². The van der Waals surface area contributed by atoms with E-state index in [0.29, 0.717) is 0 Å². The highest BCUT2D eigenvalue weighted by Gasteiger charge is 2.24. The molecular weight excluding hydrogens is 214 g/mol. The molecule has 1 heterocycles. The van der Waals surface area contributed by atoms with E-state index in [9.17, 15) is 0 Å². The third kappa shape index (κ3) is 4.05. The first-order valence-electron chi connectivity index (χ1n) is 5.33. The van der Waals surface area contributed by atoms with Crippen molar-refractivity contribution in [2.24, 2.45) is 0 Å². The maximum absolute atomic E-state index is 5.57. The van der Waals surface area contributed by atoms with Crippen molar-refractivity contribution in [1.29, 1.82) is 0 Å². The van der Waals surface area contributed by atoms with Crippen molar-refractivity contribution >= 4 is 26.1 Å². The van der Waals surface area contributed by atoms with Gasteiger partial charge in [-0.05, 0) is 19.4 Å². The van der Waals surface area contributed by atoms with E-state index in [4.69, 9.17) is 9.26 Å². The lowest BCUT2D eigenvalue weighted by molar-refractivity contribution is 0.0405. The van der Waals surface area contributed by atoms with Gasteiger partial charge < -0.3 is 9.26 Å². The first-order valence-corrected chi connectivity index (χ1v) is 14.7. The number of rotatable bonds is 5. The molecule has 0 aromatic rings. The third-order valence-electron chi connectivity index (χ3n) is 2.65. The molecule has 0 aromatic heterocycles.